The molecule has 0 unspecified atom stereocenters. The highest BCUT2D eigenvalue weighted by Gasteiger charge is 2.15. The maximum absolute atomic E-state index is 12.6. The zero-order valence-corrected chi connectivity index (χ0v) is 19.1. The molecule has 1 amide bonds. The Labute approximate surface area is 192 Å². The first kappa shape index (κ1) is 21.7. The largest absolute Gasteiger partial charge is 0.298 e. The maximum atomic E-state index is 12.6. The normalized spacial score (nSPS) is 11.2. The van der Waals surface area contributed by atoms with Gasteiger partial charge in [0.15, 0.2) is 10.9 Å². The number of benzene rings is 3. The van der Waals surface area contributed by atoms with Gasteiger partial charge < -0.3 is 0 Å². The Bertz CT molecular complexity index is 1240. The number of carbonyl (C=O) groups is 2. The predicted octanol–water partition coefficient (Wildman–Crippen LogP) is 6.59. The molecule has 32 heavy (non-hydrogen) atoms. The van der Waals surface area contributed by atoms with Crippen LogP contribution in [0.4, 0.5) is 5.13 Å². The molecule has 3 aromatic carbocycles. The molecule has 160 valence electrons. The second kappa shape index (κ2) is 8.89. The van der Waals surface area contributed by atoms with Gasteiger partial charge in [-0.1, -0.05) is 87.5 Å². The van der Waals surface area contributed by atoms with Crippen LogP contribution in [0.25, 0.3) is 11.3 Å². The lowest BCUT2D eigenvalue weighted by molar-refractivity contribution is 0.102. The molecule has 0 saturated carbocycles. The van der Waals surface area contributed by atoms with Gasteiger partial charge in [-0.3, -0.25) is 14.9 Å². The van der Waals surface area contributed by atoms with E-state index in [9.17, 15) is 9.59 Å². The Kier molecular flexibility index (Phi) is 6.01. The summed E-state index contributed by atoms with van der Waals surface area (Å²) in [5.41, 5.74) is 4.84. The Morgan fingerprint density at radius 2 is 1.38 bits per heavy atom. The van der Waals surface area contributed by atoms with Crippen LogP contribution >= 0.6 is 11.3 Å². The minimum atomic E-state index is -0.257. The number of nitrogens with one attached hydrogen (secondary N) is 1. The molecule has 0 radical (unpaired) electrons. The lowest BCUT2D eigenvalue weighted by atomic mass is 9.86. The molecule has 0 aliphatic heterocycles. The van der Waals surface area contributed by atoms with Crippen LogP contribution in [-0.4, -0.2) is 16.7 Å². The Morgan fingerprint density at radius 3 is 2.00 bits per heavy atom. The van der Waals surface area contributed by atoms with E-state index in [0.29, 0.717) is 21.8 Å². The molecule has 0 saturated heterocycles. The molecule has 4 aromatic rings. The summed E-state index contributed by atoms with van der Waals surface area (Å²) in [7, 11) is 0. The number of nitrogens with zero attached hydrogens (tertiary/aromatic N) is 1. The molecule has 0 aliphatic carbocycles. The van der Waals surface area contributed by atoms with Crippen molar-refractivity contribution in [3.63, 3.8) is 0 Å². The molecule has 0 atom stereocenters. The molecule has 0 fully saturated rings. The van der Waals surface area contributed by atoms with Crippen molar-refractivity contribution in [1.82, 2.24) is 4.98 Å². The summed E-state index contributed by atoms with van der Waals surface area (Å²) in [6.45, 7) is 6.55. The van der Waals surface area contributed by atoms with Crippen molar-refractivity contribution in [3.05, 3.63) is 106 Å². The molecule has 1 heterocycles. The molecule has 0 aliphatic rings. The predicted molar refractivity (Wildman–Crippen MR) is 131 cm³/mol. The third-order valence-corrected chi connectivity index (χ3v) is 5.97. The van der Waals surface area contributed by atoms with E-state index < -0.39 is 0 Å². The van der Waals surface area contributed by atoms with E-state index >= 15 is 0 Å². The summed E-state index contributed by atoms with van der Waals surface area (Å²) < 4.78 is 0. The van der Waals surface area contributed by atoms with E-state index in [4.69, 9.17) is 0 Å². The molecule has 0 spiro atoms. The summed E-state index contributed by atoms with van der Waals surface area (Å²) in [4.78, 5) is 29.7. The van der Waals surface area contributed by atoms with Crippen LogP contribution < -0.4 is 5.32 Å². The number of aromatic nitrogens is 1. The average molecular weight is 441 g/mol. The summed E-state index contributed by atoms with van der Waals surface area (Å²) in [5.74, 6) is -0.327. The smallest absolute Gasteiger partial charge is 0.257 e. The molecule has 4 nitrogen and oxygen atoms in total. The monoisotopic (exact) mass is 440 g/mol. The average Bonchev–Trinajstić information content (AvgIpc) is 3.27. The first-order chi connectivity index (χ1) is 15.3. The van der Waals surface area contributed by atoms with Gasteiger partial charge in [-0.2, -0.15) is 0 Å². The number of ketones is 1. The van der Waals surface area contributed by atoms with Gasteiger partial charge in [0.1, 0.15) is 0 Å². The Hall–Kier alpha value is -3.57. The van der Waals surface area contributed by atoms with Gasteiger partial charge in [0.05, 0.1) is 5.69 Å². The van der Waals surface area contributed by atoms with Crippen LogP contribution in [0.3, 0.4) is 0 Å². The van der Waals surface area contributed by atoms with E-state index in [1.165, 1.54) is 16.9 Å². The molecular formula is C27H24N2O2S. The number of carbonyl (C=O) groups excluding carboxylic acids is 2. The van der Waals surface area contributed by atoms with Crippen molar-refractivity contribution < 1.29 is 9.59 Å². The standard InChI is InChI=1S/C27H24N2O2S/c1-27(2,3)22-15-13-18(14-16-22)23-17-32-26(28-23)29-25(31)21-11-9-20(10-12-21)24(30)19-7-5-4-6-8-19/h4-17H,1-3H3,(H,28,29,31). The lowest BCUT2D eigenvalue weighted by Gasteiger charge is -2.18. The zero-order valence-electron chi connectivity index (χ0n) is 18.3. The minimum Gasteiger partial charge on any atom is -0.298 e. The second-order valence-electron chi connectivity index (χ2n) is 8.59. The number of hydrogen-bond donors (Lipinski definition) is 1. The fourth-order valence-electron chi connectivity index (χ4n) is 3.30. The van der Waals surface area contributed by atoms with Gasteiger partial charge in [-0.05, 0) is 23.1 Å². The van der Waals surface area contributed by atoms with Gasteiger partial charge in [0.25, 0.3) is 5.91 Å². The summed E-state index contributed by atoms with van der Waals surface area (Å²) in [6, 6.07) is 24.1. The Morgan fingerprint density at radius 1 is 0.781 bits per heavy atom. The van der Waals surface area contributed by atoms with Gasteiger partial charge in [0, 0.05) is 27.6 Å². The summed E-state index contributed by atoms with van der Waals surface area (Å²) >= 11 is 1.39. The zero-order chi connectivity index (χ0) is 22.7. The van der Waals surface area contributed by atoms with Crippen LogP contribution in [-0.2, 0) is 5.41 Å². The highest BCUT2D eigenvalue weighted by molar-refractivity contribution is 7.14. The molecule has 1 aromatic heterocycles. The van der Waals surface area contributed by atoms with E-state index in [2.05, 4.69) is 55.3 Å². The summed E-state index contributed by atoms with van der Waals surface area (Å²) in [6.07, 6.45) is 0. The number of hydrogen-bond acceptors (Lipinski definition) is 4. The number of amides is 1. The van der Waals surface area contributed by atoms with Crippen LogP contribution in [0.2, 0.25) is 0 Å². The number of rotatable bonds is 5. The highest BCUT2D eigenvalue weighted by atomic mass is 32.1. The first-order valence-electron chi connectivity index (χ1n) is 10.4. The van der Waals surface area contributed by atoms with Crippen molar-refractivity contribution >= 4 is 28.2 Å². The fraction of sp³-hybridized carbons (Fsp3) is 0.148. The van der Waals surface area contributed by atoms with Gasteiger partial charge >= 0.3 is 0 Å². The van der Waals surface area contributed by atoms with Crippen LogP contribution in [0.1, 0.15) is 52.6 Å². The first-order valence-corrected chi connectivity index (χ1v) is 11.3. The Balaban J connectivity index is 1.43. The van der Waals surface area contributed by atoms with Crippen molar-refractivity contribution in [2.75, 3.05) is 5.32 Å². The van der Waals surface area contributed by atoms with Crippen molar-refractivity contribution in [2.45, 2.75) is 26.2 Å². The van der Waals surface area contributed by atoms with Crippen LogP contribution in [0.5, 0.6) is 0 Å². The fourth-order valence-corrected chi connectivity index (χ4v) is 4.02. The van der Waals surface area contributed by atoms with E-state index in [-0.39, 0.29) is 17.1 Å². The quantitative estimate of drug-likeness (QED) is 0.356. The number of thiazole rings is 1. The van der Waals surface area contributed by atoms with Crippen molar-refractivity contribution in [2.24, 2.45) is 0 Å². The van der Waals surface area contributed by atoms with Crippen molar-refractivity contribution in [1.29, 1.82) is 0 Å². The lowest BCUT2D eigenvalue weighted by Crippen LogP contribution is -2.12. The van der Waals surface area contributed by atoms with Crippen molar-refractivity contribution in [3.8, 4) is 11.3 Å². The number of anilines is 1. The SMILES string of the molecule is CC(C)(C)c1ccc(-c2csc(NC(=O)c3ccc(C(=O)c4ccccc4)cc3)n2)cc1. The third kappa shape index (κ3) is 4.84. The topological polar surface area (TPSA) is 59.1 Å². The van der Waals surface area contributed by atoms with Crippen LogP contribution in [0, 0.1) is 0 Å². The second-order valence-corrected chi connectivity index (χ2v) is 9.45. The maximum Gasteiger partial charge on any atom is 0.257 e. The van der Waals surface area contributed by atoms with Crippen LogP contribution in [0.15, 0.2) is 84.2 Å². The van der Waals surface area contributed by atoms with E-state index in [0.717, 1.165) is 11.3 Å². The van der Waals surface area contributed by atoms with Gasteiger partial charge in [-0.25, -0.2) is 4.98 Å². The molecular weight excluding hydrogens is 416 g/mol. The molecule has 5 heteroatoms. The van der Waals surface area contributed by atoms with E-state index in [1.54, 1.807) is 36.4 Å². The molecule has 1 N–H and O–H groups in total. The third-order valence-electron chi connectivity index (χ3n) is 5.22. The minimum absolute atomic E-state index is 0.0698. The molecule has 0 bridgehead atoms. The molecule has 4 rings (SSSR count). The van der Waals surface area contributed by atoms with Gasteiger partial charge in [-0.15, -0.1) is 11.3 Å². The van der Waals surface area contributed by atoms with Gasteiger partial charge in [0.2, 0.25) is 0 Å². The van der Waals surface area contributed by atoms with E-state index in [1.807, 2.05) is 23.6 Å². The highest BCUT2D eigenvalue weighted by Crippen LogP contribution is 2.28. The summed E-state index contributed by atoms with van der Waals surface area (Å²) in [5, 5.41) is 5.32.